The Morgan fingerprint density at radius 3 is 2.43 bits per heavy atom. The summed E-state index contributed by atoms with van der Waals surface area (Å²) in [5.41, 5.74) is 8.90. The van der Waals surface area contributed by atoms with Gasteiger partial charge in [0.25, 0.3) is 5.91 Å². The number of nitrogens with two attached hydrogens (primary N) is 1. The van der Waals surface area contributed by atoms with Gasteiger partial charge in [-0.05, 0) is 69.9 Å². The van der Waals surface area contributed by atoms with Crippen molar-refractivity contribution in [3.63, 3.8) is 0 Å². The number of morpholine rings is 1. The van der Waals surface area contributed by atoms with Crippen molar-refractivity contribution < 1.29 is 19.1 Å². The summed E-state index contributed by atoms with van der Waals surface area (Å²) < 4.78 is 12.3. The van der Waals surface area contributed by atoms with Gasteiger partial charge >= 0.3 is 6.03 Å². The van der Waals surface area contributed by atoms with Crippen molar-refractivity contribution in [3.8, 4) is 5.75 Å². The fourth-order valence-corrected chi connectivity index (χ4v) is 5.55. The van der Waals surface area contributed by atoms with Gasteiger partial charge in [-0.2, -0.15) is 0 Å². The third-order valence-electron chi connectivity index (χ3n) is 7.36. The highest BCUT2D eigenvalue weighted by atomic mass is 79.9. The number of hydrazine groups is 1. The van der Waals surface area contributed by atoms with Crippen molar-refractivity contribution in [2.24, 2.45) is 0 Å². The van der Waals surface area contributed by atoms with Crippen molar-refractivity contribution in [1.82, 2.24) is 20.5 Å². The van der Waals surface area contributed by atoms with E-state index in [1.165, 1.54) is 0 Å². The van der Waals surface area contributed by atoms with Crippen molar-refractivity contribution >= 4 is 39.2 Å². The summed E-state index contributed by atoms with van der Waals surface area (Å²) in [5.74, 6) is 0.494. The first-order chi connectivity index (χ1) is 20.5. The molecule has 42 heavy (non-hydrogen) atoms. The number of para-hydroxylation sites is 1. The van der Waals surface area contributed by atoms with Crippen LogP contribution in [0.5, 0.6) is 5.75 Å². The number of halogens is 1. The number of rotatable bonds is 10. The van der Waals surface area contributed by atoms with Crippen molar-refractivity contribution in [3.05, 3.63) is 88.4 Å². The van der Waals surface area contributed by atoms with Gasteiger partial charge in [-0.1, -0.05) is 36.4 Å². The zero-order valence-electron chi connectivity index (χ0n) is 23.5. The van der Waals surface area contributed by atoms with Crippen LogP contribution in [0.1, 0.15) is 23.6 Å². The van der Waals surface area contributed by atoms with E-state index in [9.17, 15) is 9.59 Å². The molecule has 0 aromatic heterocycles. The summed E-state index contributed by atoms with van der Waals surface area (Å²) in [6.45, 7) is 6.24. The minimum Gasteiger partial charge on any atom is -0.492 e. The monoisotopic (exact) mass is 636 g/mol. The average molecular weight is 638 g/mol. The van der Waals surface area contributed by atoms with E-state index in [1.54, 1.807) is 17.1 Å². The number of nitrogen functional groups attached to an aromatic ring is 1. The molecule has 222 valence electrons. The number of amides is 3. The summed E-state index contributed by atoms with van der Waals surface area (Å²) >= 11 is 3.62. The van der Waals surface area contributed by atoms with Crippen LogP contribution >= 0.6 is 15.9 Å². The van der Waals surface area contributed by atoms with Gasteiger partial charge in [-0.25, -0.2) is 4.79 Å². The van der Waals surface area contributed by atoms with Crippen LogP contribution in [0.2, 0.25) is 0 Å². The lowest BCUT2D eigenvalue weighted by atomic mass is 10.1. The Morgan fingerprint density at radius 1 is 0.952 bits per heavy atom. The van der Waals surface area contributed by atoms with E-state index in [-0.39, 0.29) is 5.91 Å². The van der Waals surface area contributed by atoms with E-state index in [1.807, 2.05) is 65.7 Å². The lowest BCUT2D eigenvalue weighted by Gasteiger charge is -2.33. The first-order valence-electron chi connectivity index (χ1n) is 14.2. The largest absolute Gasteiger partial charge is 0.492 e. The van der Waals surface area contributed by atoms with Gasteiger partial charge in [0.1, 0.15) is 18.4 Å². The highest BCUT2D eigenvalue weighted by Gasteiger charge is 2.34. The molecule has 1 atom stereocenters. The van der Waals surface area contributed by atoms with Gasteiger partial charge in [0.15, 0.2) is 0 Å². The molecule has 2 saturated heterocycles. The molecule has 11 heteroatoms. The molecule has 0 saturated carbocycles. The third-order valence-corrected chi connectivity index (χ3v) is 8.04. The SMILES string of the molecule is Nc1ccc(CNC(=O)NC(C(=O)N2CCCN2c2ccccc2Br)c2ccc(OCCN3CCOCC3)cc2)cc1. The molecule has 2 fully saturated rings. The molecule has 5 rings (SSSR count). The first-order valence-corrected chi connectivity index (χ1v) is 15.0. The topological polar surface area (TPSA) is 112 Å². The molecule has 2 heterocycles. The van der Waals surface area contributed by atoms with Gasteiger partial charge in [-0.15, -0.1) is 0 Å². The number of ether oxygens (including phenoxy) is 2. The zero-order valence-corrected chi connectivity index (χ0v) is 25.1. The molecule has 2 aliphatic rings. The molecule has 0 aliphatic carbocycles. The molecule has 3 amide bonds. The minimum atomic E-state index is -0.901. The van der Waals surface area contributed by atoms with Crippen molar-refractivity contribution in [2.75, 3.05) is 63.3 Å². The molecule has 3 aromatic carbocycles. The molecular weight excluding hydrogens is 600 g/mol. The lowest BCUT2D eigenvalue weighted by molar-refractivity contribution is -0.132. The van der Waals surface area contributed by atoms with Crippen LogP contribution < -0.4 is 26.1 Å². The lowest BCUT2D eigenvalue weighted by Crippen LogP contribution is -2.49. The second kappa shape index (κ2) is 14.4. The van der Waals surface area contributed by atoms with Crippen LogP contribution in [0.25, 0.3) is 0 Å². The maximum atomic E-state index is 14.1. The Kier molecular flexibility index (Phi) is 10.2. The smallest absolute Gasteiger partial charge is 0.315 e. The van der Waals surface area contributed by atoms with E-state index in [4.69, 9.17) is 15.2 Å². The standard InChI is InChI=1S/C31H37BrN6O4/c32-27-4-1-2-5-28(27)37-14-3-15-38(37)30(39)29(35-31(40)34-22-23-6-10-25(33)11-7-23)24-8-12-26(13-9-24)42-21-18-36-16-19-41-20-17-36/h1-2,4-13,29H,3,14-22,33H2,(H2,34,35,40). The van der Waals surface area contributed by atoms with Gasteiger partial charge in [0, 0.05) is 49.4 Å². The summed E-state index contributed by atoms with van der Waals surface area (Å²) in [6.07, 6.45) is 0.819. The Bertz CT molecular complexity index is 1330. The van der Waals surface area contributed by atoms with E-state index in [2.05, 4.69) is 31.5 Å². The number of hydrogen-bond acceptors (Lipinski definition) is 7. The molecule has 4 N–H and O–H groups in total. The molecule has 0 spiro atoms. The number of hydrogen-bond donors (Lipinski definition) is 3. The van der Waals surface area contributed by atoms with Crippen LogP contribution in [-0.4, -0.2) is 74.4 Å². The van der Waals surface area contributed by atoms with Crippen LogP contribution in [0.3, 0.4) is 0 Å². The van der Waals surface area contributed by atoms with Gasteiger partial charge in [-0.3, -0.25) is 19.7 Å². The van der Waals surface area contributed by atoms with E-state index in [0.29, 0.717) is 43.2 Å². The summed E-state index contributed by atoms with van der Waals surface area (Å²) in [5, 5.41) is 9.47. The fraction of sp³-hybridized carbons (Fsp3) is 0.355. The quantitative estimate of drug-likeness (QED) is 0.289. The van der Waals surface area contributed by atoms with Gasteiger partial charge in [0.2, 0.25) is 0 Å². The normalized spacial score (nSPS) is 16.2. The van der Waals surface area contributed by atoms with E-state index < -0.39 is 12.1 Å². The number of carbonyl (C=O) groups is 2. The van der Waals surface area contributed by atoms with Crippen molar-refractivity contribution in [2.45, 2.75) is 19.0 Å². The summed E-state index contributed by atoms with van der Waals surface area (Å²) in [7, 11) is 0. The maximum absolute atomic E-state index is 14.1. The number of nitrogens with one attached hydrogen (secondary N) is 2. The second-order valence-corrected chi connectivity index (χ2v) is 11.1. The Morgan fingerprint density at radius 2 is 1.69 bits per heavy atom. The number of nitrogens with zero attached hydrogens (tertiary/aromatic N) is 3. The highest BCUT2D eigenvalue weighted by molar-refractivity contribution is 9.10. The molecule has 0 radical (unpaired) electrons. The molecule has 3 aromatic rings. The molecular formula is C31H37BrN6O4. The highest BCUT2D eigenvalue weighted by Crippen LogP contribution is 2.31. The van der Waals surface area contributed by atoms with Crippen LogP contribution in [-0.2, 0) is 16.1 Å². The maximum Gasteiger partial charge on any atom is 0.315 e. The summed E-state index contributed by atoms with van der Waals surface area (Å²) in [4.78, 5) is 29.5. The third kappa shape index (κ3) is 7.72. The zero-order chi connectivity index (χ0) is 29.3. The van der Waals surface area contributed by atoms with Crippen LogP contribution in [0, 0.1) is 0 Å². The minimum absolute atomic E-state index is 0.216. The van der Waals surface area contributed by atoms with Gasteiger partial charge < -0.3 is 25.8 Å². The number of anilines is 2. The average Bonchev–Trinajstić information content (AvgIpc) is 3.50. The first kappa shape index (κ1) is 29.7. The Labute approximate surface area is 254 Å². The van der Waals surface area contributed by atoms with Crippen LogP contribution in [0.4, 0.5) is 16.2 Å². The summed E-state index contributed by atoms with van der Waals surface area (Å²) in [6, 6.07) is 21.1. The molecule has 2 aliphatic heterocycles. The fourth-order valence-electron chi connectivity index (χ4n) is 5.06. The van der Waals surface area contributed by atoms with Crippen LogP contribution in [0.15, 0.2) is 77.3 Å². The number of carbonyl (C=O) groups excluding carboxylic acids is 2. The number of benzene rings is 3. The molecule has 10 nitrogen and oxygen atoms in total. The predicted octanol–water partition coefficient (Wildman–Crippen LogP) is 3.94. The number of urea groups is 1. The second-order valence-electron chi connectivity index (χ2n) is 10.3. The Balaban J connectivity index is 1.29. The van der Waals surface area contributed by atoms with Crippen molar-refractivity contribution in [1.29, 1.82) is 0 Å². The van der Waals surface area contributed by atoms with Gasteiger partial charge in [0.05, 0.1) is 18.9 Å². The molecule has 0 bridgehead atoms. The Hall–Kier alpha value is -3.80. The molecule has 1 unspecified atom stereocenters. The van der Waals surface area contributed by atoms with E-state index >= 15 is 0 Å². The predicted molar refractivity (Wildman–Crippen MR) is 166 cm³/mol. The van der Waals surface area contributed by atoms with E-state index in [0.717, 1.165) is 55.0 Å².